The Morgan fingerprint density at radius 2 is 2.07 bits per heavy atom. The zero-order valence-corrected chi connectivity index (χ0v) is 17.5. The molecule has 2 N–H and O–H groups in total. The van der Waals surface area contributed by atoms with Gasteiger partial charge in [0.1, 0.15) is 5.75 Å². The molecule has 0 amide bonds. The molecule has 29 heavy (non-hydrogen) atoms. The van der Waals surface area contributed by atoms with E-state index in [0.717, 1.165) is 42.9 Å². The molecule has 0 spiro atoms. The molecule has 0 radical (unpaired) electrons. The molecule has 3 aliphatic heterocycles. The number of aromatic nitrogens is 1. The molecule has 4 heterocycles. The minimum atomic E-state index is -3.67. The van der Waals surface area contributed by atoms with E-state index < -0.39 is 10.0 Å². The molecule has 0 aliphatic carbocycles. The van der Waals surface area contributed by atoms with Crippen LogP contribution in [0.2, 0.25) is 0 Å². The van der Waals surface area contributed by atoms with Crippen LogP contribution in [-0.2, 0) is 16.4 Å². The highest BCUT2D eigenvalue weighted by Crippen LogP contribution is 2.38. The van der Waals surface area contributed by atoms with Crippen molar-refractivity contribution in [2.45, 2.75) is 29.7 Å². The van der Waals surface area contributed by atoms with Crippen LogP contribution >= 0.6 is 12.4 Å². The Kier molecular flexibility index (Phi) is 5.46. The van der Waals surface area contributed by atoms with Crippen LogP contribution in [-0.4, -0.2) is 39.2 Å². The minimum Gasteiger partial charge on any atom is -0.493 e. The van der Waals surface area contributed by atoms with Gasteiger partial charge in [0.2, 0.25) is 10.0 Å². The van der Waals surface area contributed by atoms with E-state index in [1.165, 1.54) is 0 Å². The zero-order valence-electron chi connectivity index (χ0n) is 15.8. The lowest BCUT2D eigenvalue weighted by Gasteiger charge is -2.43. The minimum absolute atomic E-state index is 0. The summed E-state index contributed by atoms with van der Waals surface area (Å²) >= 11 is 0. The Bertz CT molecular complexity index is 1090. The number of nitrogens with zero attached hydrogens (tertiary/aromatic N) is 1. The van der Waals surface area contributed by atoms with Gasteiger partial charge in [-0.2, -0.15) is 0 Å². The number of fused-ring (bicyclic) bond motifs is 5. The van der Waals surface area contributed by atoms with E-state index in [9.17, 15) is 13.2 Å². The monoisotopic (exact) mass is 437 g/mol. The van der Waals surface area contributed by atoms with E-state index >= 15 is 0 Å². The third kappa shape index (κ3) is 3.59. The van der Waals surface area contributed by atoms with Crippen LogP contribution in [0.25, 0.3) is 0 Å². The van der Waals surface area contributed by atoms with Crippen molar-refractivity contribution in [3.63, 3.8) is 0 Å². The highest BCUT2D eigenvalue weighted by molar-refractivity contribution is 7.89. The molecule has 1 fully saturated rings. The summed E-state index contributed by atoms with van der Waals surface area (Å²) in [6, 6.07) is 10.1. The van der Waals surface area contributed by atoms with Crippen LogP contribution in [0.15, 0.2) is 46.1 Å². The Morgan fingerprint density at radius 3 is 2.93 bits per heavy atom. The summed E-state index contributed by atoms with van der Waals surface area (Å²) in [5.74, 6) is 1.28. The van der Waals surface area contributed by atoms with Gasteiger partial charge in [-0.25, -0.2) is 13.1 Å². The number of hydrogen-bond donors (Lipinski definition) is 2. The van der Waals surface area contributed by atoms with Crippen molar-refractivity contribution in [3.8, 4) is 5.75 Å². The van der Waals surface area contributed by atoms with Gasteiger partial charge in [0.15, 0.2) is 0 Å². The lowest BCUT2D eigenvalue weighted by atomic mass is 9.79. The molecule has 1 aromatic heterocycles. The number of pyridine rings is 1. The number of ether oxygens (including phenoxy) is 1. The lowest BCUT2D eigenvalue weighted by Crippen LogP contribution is -2.50. The van der Waals surface area contributed by atoms with Crippen LogP contribution < -0.4 is 20.3 Å². The molecule has 5 rings (SSSR count). The quantitative estimate of drug-likeness (QED) is 0.755. The second-order valence-electron chi connectivity index (χ2n) is 7.80. The maximum Gasteiger partial charge on any atom is 0.251 e. The van der Waals surface area contributed by atoms with Crippen molar-refractivity contribution < 1.29 is 13.2 Å². The van der Waals surface area contributed by atoms with E-state index in [4.69, 9.17) is 4.74 Å². The normalized spacial score (nSPS) is 24.8. The van der Waals surface area contributed by atoms with Crippen LogP contribution in [0.3, 0.4) is 0 Å². The molecule has 2 bridgehead atoms. The molecule has 2 aromatic rings. The average Bonchev–Trinajstić information content (AvgIpc) is 3.16. The maximum atomic E-state index is 12.9. The highest BCUT2D eigenvalue weighted by atomic mass is 35.5. The second-order valence-corrected chi connectivity index (χ2v) is 9.56. The van der Waals surface area contributed by atoms with Gasteiger partial charge < -0.3 is 14.6 Å². The fraction of sp³-hybridized carbons (Fsp3) is 0.450. The topological polar surface area (TPSA) is 89.4 Å². The summed E-state index contributed by atoms with van der Waals surface area (Å²) in [5, 5.41) is 3.43. The number of hydrogen-bond acceptors (Lipinski definition) is 5. The fourth-order valence-electron chi connectivity index (χ4n) is 4.78. The second kappa shape index (κ2) is 7.75. The number of rotatable bonds is 4. The van der Waals surface area contributed by atoms with E-state index in [0.29, 0.717) is 12.5 Å². The molecule has 3 atom stereocenters. The van der Waals surface area contributed by atoms with Gasteiger partial charge in [0.05, 0.1) is 17.5 Å². The first-order valence-corrected chi connectivity index (χ1v) is 11.2. The van der Waals surface area contributed by atoms with Crippen LogP contribution in [0.5, 0.6) is 5.75 Å². The molecule has 3 aliphatic rings. The molecule has 0 saturated carbocycles. The smallest absolute Gasteiger partial charge is 0.251 e. The van der Waals surface area contributed by atoms with E-state index in [1.54, 1.807) is 34.9 Å². The molecular weight excluding hydrogens is 414 g/mol. The molecule has 9 heteroatoms. The van der Waals surface area contributed by atoms with Crippen molar-refractivity contribution in [1.82, 2.24) is 14.6 Å². The first-order valence-electron chi connectivity index (χ1n) is 9.70. The van der Waals surface area contributed by atoms with Gasteiger partial charge in [-0.3, -0.25) is 4.79 Å². The predicted molar refractivity (Wildman–Crippen MR) is 112 cm³/mol. The van der Waals surface area contributed by atoms with Gasteiger partial charge in [-0.1, -0.05) is 6.07 Å². The molecule has 7 nitrogen and oxygen atoms in total. The molecule has 0 unspecified atom stereocenters. The molecule has 1 saturated heterocycles. The average molecular weight is 438 g/mol. The largest absolute Gasteiger partial charge is 0.493 e. The molecular formula is C20H24ClN3O4S. The number of sulfonamides is 1. The number of piperidine rings is 1. The maximum absolute atomic E-state index is 12.9. The fourth-order valence-corrected chi connectivity index (χ4v) is 5.88. The van der Waals surface area contributed by atoms with Gasteiger partial charge >= 0.3 is 0 Å². The summed E-state index contributed by atoms with van der Waals surface area (Å²) in [5.41, 5.74) is 1.85. The first kappa shape index (κ1) is 20.4. The first-order chi connectivity index (χ1) is 13.5. The van der Waals surface area contributed by atoms with Crippen molar-refractivity contribution in [2.75, 3.05) is 26.2 Å². The summed E-state index contributed by atoms with van der Waals surface area (Å²) in [7, 11) is -3.67. The Hall–Kier alpha value is -1.87. The van der Waals surface area contributed by atoms with E-state index in [2.05, 4.69) is 10.0 Å². The van der Waals surface area contributed by atoms with Crippen LogP contribution in [0, 0.1) is 5.92 Å². The number of halogens is 1. The number of nitrogens with one attached hydrogen (secondary N) is 2. The van der Waals surface area contributed by atoms with Crippen molar-refractivity contribution >= 4 is 22.4 Å². The van der Waals surface area contributed by atoms with E-state index in [1.807, 2.05) is 6.07 Å². The Labute approximate surface area is 175 Å². The standard InChI is InChI=1S/C20H23N3O4S.ClH/c24-20-3-1-2-17-14-8-15(11-21-10-14)18(23(17)20)12-22-28(25,26)16-4-5-19-13(9-16)6-7-27-19;/h1-5,9,14-15,18,21-22H,6-8,10-12H2;1H/t14-,15+,18+;/m1./s1. The summed E-state index contributed by atoms with van der Waals surface area (Å²) in [6.07, 6.45) is 1.69. The van der Waals surface area contributed by atoms with Gasteiger partial charge in [0, 0.05) is 43.7 Å². The predicted octanol–water partition coefficient (Wildman–Crippen LogP) is 1.43. The highest BCUT2D eigenvalue weighted by Gasteiger charge is 2.38. The zero-order chi connectivity index (χ0) is 19.3. The van der Waals surface area contributed by atoms with Crippen LogP contribution in [0.4, 0.5) is 0 Å². The third-order valence-electron chi connectivity index (χ3n) is 6.15. The Morgan fingerprint density at radius 1 is 1.21 bits per heavy atom. The van der Waals surface area contributed by atoms with Crippen molar-refractivity contribution in [3.05, 3.63) is 58.0 Å². The van der Waals surface area contributed by atoms with Gasteiger partial charge in [0.25, 0.3) is 5.56 Å². The molecule has 1 aromatic carbocycles. The number of benzene rings is 1. The van der Waals surface area contributed by atoms with Crippen LogP contribution in [0.1, 0.15) is 29.6 Å². The van der Waals surface area contributed by atoms with Gasteiger partial charge in [-0.05, 0) is 42.2 Å². The Balaban J connectivity index is 0.00000205. The lowest BCUT2D eigenvalue weighted by molar-refractivity contribution is 0.196. The summed E-state index contributed by atoms with van der Waals surface area (Å²) in [4.78, 5) is 12.8. The molecule has 156 valence electrons. The van der Waals surface area contributed by atoms with E-state index in [-0.39, 0.29) is 41.4 Å². The van der Waals surface area contributed by atoms with Crippen molar-refractivity contribution in [2.24, 2.45) is 5.92 Å². The summed E-state index contributed by atoms with van der Waals surface area (Å²) < 4.78 is 35.8. The summed E-state index contributed by atoms with van der Waals surface area (Å²) in [6.45, 7) is 2.44. The van der Waals surface area contributed by atoms with Crippen molar-refractivity contribution in [1.29, 1.82) is 0 Å². The third-order valence-corrected chi connectivity index (χ3v) is 7.57. The van der Waals surface area contributed by atoms with Gasteiger partial charge in [-0.15, -0.1) is 12.4 Å². The SMILES string of the molecule is Cl.O=c1cccc2n1[C@@H](CNS(=O)(=O)c1ccc3c(c1)CCO3)[C@@H]1CNC[C@H]2C1.